The molecule has 2 aromatic heterocycles. The van der Waals surface area contributed by atoms with Crippen molar-refractivity contribution >= 4 is 50.8 Å². The molecule has 0 saturated carbocycles. The van der Waals surface area contributed by atoms with Crippen LogP contribution in [0.3, 0.4) is 0 Å². The highest BCUT2D eigenvalue weighted by Gasteiger charge is 2.22. The van der Waals surface area contributed by atoms with Crippen LogP contribution in [0, 0.1) is 6.92 Å². The highest BCUT2D eigenvalue weighted by molar-refractivity contribution is 7.99. The zero-order valence-corrected chi connectivity index (χ0v) is 20.5. The van der Waals surface area contributed by atoms with Crippen molar-refractivity contribution < 1.29 is 19.1 Å². The van der Waals surface area contributed by atoms with Gasteiger partial charge in [-0.3, -0.25) is 9.59 Å². The molecule has 33 heavy (non-hydrogen) atoms. The molecule has 3 aromatic rings. The van der Waals surface area contributed by atoms with Crippen molar-refractivity contribution in [1.82, 2.24) is 14.9 Å². The van der Waals surface area contributed by atoms with E-state index in [1.54, 1.807) is 14.2 Å². The number of ether oxygens (including phenoxy) is 2. The van der Waals surface area contributed by atoms with Gasteiger partial charge in [0.25, 0.3) is 5.91 Å². The molecule has 8 nitrogen and oxygen atoms in total. The molecule has 2 amide bonds. The van der Waals surface area contributed by atoms with Crippen molar-refractivity contribution in [1.29, 1.82) is 0 Å². The number of anilines is 1. The van der Waals surface area contributed by atoms with E-state index in [1.807, 2.05) is 47.9 Å². The van der Waals surface area contributed by atoms with Crippen LogP contribution in [-0.4, -0.2) is 65.5 Å². The summed E-state index contributed by atoms with van der Waals surface area (Å²) in [4.78, 5) is 37.5. The van der Waals surface area contributed by atoms with Gasteiger partial charge in [0.2, 0.25) is 11.8 Å². The Labute approximate surface area is 200 Å². The van der Waals surface area contributed by atoms with Gasteiger partial charge in [-0.05, 0) is 30.2 Å². The van der Waals surface area contributed by atoms with Gasteiger partial charge in [0.1, 0.15) is 11.4 Å². The van der Waals surface area contributed by atoms with Gasteiger partial charge in [0.15, 0.2) is 5.82 Å². The third-order valence-electron chi connectivity index (χ3n) is 5.41. The van der Waals surface area contributed by atoms with Crippen molar-refractivity contribution in [3.8, 4) is 5.88 Å². The summed E-state index contributed by atoms with van der Waals surface area (Å²) in [5.41, 5.74) is 2.37. The highest BCUT2D eigenvalue weighted by Crippen LogP contribution is 2.35. The summed E-state index contributed by atoms with van der Waals surface area (Å²) in [5.74, 6) is 2.86. The molecule has 1 N–H and O–H groups in total. The number of thiophene rings is 1. The molecule has 1 saturated heterocycles. The Morgan fingerprint density at radius 2 is 1.85 bits per heavy atom. The molecule has 0 atom stereocenters. The van der Waals surface area contributed by atoms with Gasteiger partial charge in [0.05, 0.1) is 23.8 Å². The van der Waals surface area contributed by atoms with Crippen molar-refractivity contribution in [3.63, 3.8) is 0 Å². The molecule has 10 heteroatoms. The van der Waals surface area contributed by atoms with Gasteiger partial charge >= 0.3 is 0 Å². The smallest absolute Gasteiger partial charge is 0.266 e. The van der Waals surface area contributed by atoms with E-state index in [4.69, 9.17) is 9.47 Å². The first kappa shape index (κ1) is 23.5. The molecule has 0 unspecified atom stereocenters. The van der Waals surface area contributed by atoms with E-state index in [2.05, 4.69) is 15.3 Å². The molecule has 1 aromatic carbocycles. The molecule has 4 rings (SSSR count). The van der Waals surface area contributed by atoms with Gasteiger partial charge in [-0.25, -0.2) is 4.98 Å². The summed E-state index contributed by atoms with van der Waals surface area (Å²) in [7, 11) is 3.12. The number of thioether (sulfide) groups is 1. The number of methoxy groups -OCH3 is 2. The first-order chi connectivity index (χ1) is 16.0. The predicted octanol–water partition coefficient (Wildman–Crippen LogP) is 3.52. The summed E-state index contributed by atoms with van der Waals surface area (Å²) < 4.78 is 10.6. The minimum atomic E-state index is -0.222. The van der Waals surface area contributed by atoms with Crippen LogP contribution in [0.4, 0.5) is 5.69 Å². The van der Waals surface area contributed by atoms with Gasteiger partial charge in [-0.2, -0.15) is 16.7 Å². The number of hydrogen-bond acceptors (Lipinski definition) is 8. The zero-order chi connectivity index (χ0) is 23.4. The Morgan fingerprint density at radius 3 is 2.52 bits per heavy atom. The number of fused-ring (bicyclic) bond motifs is 1. The summed E-state index contributed by atoms with van der Waals surface area (Å²) in [5, 5.41) is 3.67. The Morgan fingerprint density at radius 1 is 1.12 bits per heavy atom. The predicted molar refractivity (Wildman–Crippen MR) is 131 cm³/mol. The number of benzene rings is 1. The van der Waals surface area contributed by atoms with Crippen LogP contribution in [0.2, 0.25) is 0 Å². The SMILES string of the molecule is COCc1nc(OC)c2c(C)c(C(=O)Nc3ccc(CC(=O)N4CCSCC4)cc3)sc2n1. The van der Waals surface area contributed by atoms with Gasteiger partial charge in [0, 0.05) is 37.4 Å². The lowest BCUT2D eigenvalue weighted by Gasteiger charge is -2.26. The van der Waals surface area contributed by atoms with E-state index in [0.717, 1.165) is 41.1 Å². The lowest BCUT2D eigenvalue weighted by molar-refractivity contribution is -0.130. The van der Waals surface area contributed by atoms with Crippen molar-refractivity contribution in [2.24, 2.45) is 0 Å². The number of nitrogens with one attached hydrogen (secondary N) is 1. The topological polar surface area (TPSA) is 93.7 Å². The van der Waals surface area contributed by atoms with Gasteiger partial charge in [-0.1, -0.05) is 12.1 Å². The molecule has 0 radical (unpaired) electrons. The zero-order valence-electron chi connectivity index (χ0n) is 18.8. The van der Waals surface area contributed by atoms with Gasteiger partial charge < -0.3 is 19.7 Å². The lowest BCUT2D eigenvalue weighted by Crippen LogP contribution is -2.38. The van der Waals surface area contributed by atoms with E-state index in [9.17, 15) is 9.59 Å². The summed E-state index contributed by atoms with van der Waals surface area (Å²) in [6, 6.07) is 7.42. The summed E-state index contributed by atoms with van der Waals surface area (Å²) >= 11 is 3.18. The average Bonchev–Trinajstić information content (AvgIpc) is 3.17. The summed E-state index contributed by atoms with van der Waals surface area (Å²) in [6.45, 7) is 3.75. The van der Waals surface area contributed by atoms with Crippen LogP contribution in [-0.2, 0) is 22.6 Å². The number of rotatable bonds is 7. The fourth-order valence-electron chi connectivity index (χ4n) is 3.70. The first-order valence-corrected chi connectivity index (χ1v) is 12.6. The second-order valence-electron chi connectivity index (χ2n) is 7.64. The van der Waals surface area contributed by atoms with Crippen LogP contribution in [0.1, 0.15) is 26.6 Å². The molecule has 1 aliphatic heterocycles. The van der Waals surface area contributed by atoms with Crippen molar-refractivity contribution in [2.45, 2.75) is 20.0 Å². The van der Waals surface area contributed by atoms with Crippen LogP contribution in [0.25, 0.3) is 10.2 Å². The largest absolute Gasteiger partial charge is 0.480 e. The number of nitrogens with zero attached hydrogens (tertiary/aromatic N) is 3. The van der Waals surface area contributed by atoms with Crippen LogP contribution < -0.4 is 10.1 Å². The maximum atomic E-state index is 13.0. The van der Waals surface area contributed by atoms with E-state index >= 15 is 0 Å². The van der Waals surface area contributed by atoms with Crippen molar-refractivity contribution in [3.05, 3.63) is 46.1 Å². The number of carbonyl (C=O) groups excluding carboxylic acids is 2. The van der Waals surface area contributed by atoms with Gasteiger partial charge in [-0.15, -0.1) is 11.3 Å². The molecule has 0 spiro atoms. The minimum Gasteiger partial charge on any atom is -0.480 e. The minimum absolute atomic E-state index is 0.149. The molecule has 3 heterocycles. The first-order valence-electron chi connectivity index (χ1n) is 10.6. The second-order valence-corrected chi connectivity index (χ2v) is 9.86. The van der Waals surface area contributed by atoms with Crippen LogP contribution in [0.15, 0.2) is 24.3 Å². The normalized spacial score (nSPS) is 13.8. The monoisotopic (exact) mass is 486 g/mol. The van der Waals surface area contributed by atoms with Crippen LogP contribution >= 0.6 is 23.1 Å². The third kappa shape index (κ3) is 5.29. The summed E-state index contributed by atoms with van der Waals surface area (Å²) in [6.07, 6.45) is 0.372. The number of aryl methyl sites for hydroxylation is 1. The maximum Gasteiger partial charge on any atom is 0.266 e. The van der Waals surface area contributed by atoms with E-state index in [-0.39, 0.29) is 18.4 Å². The number of carbonyl (C=O) groups is 2. The Balaban J connectivity index is 1.47. The number of amides is 2. The molecular formula is C23H26N4O4S2. The number of hydrogen-bond donors (Lipinski definition) is 1. The fraction of sp³-hybridized carbons (Fsp3) is 0.391. The Bertz CT molecular complexity index is 1160. The molecule has 174 valence electrons. The number of aromatic nitrogens is 2. The van der Waals surface area contributed by atoms with E-state index in [1.165, 1.54) is 11.3 Å². The fourth-order valence-corrected chi connectivity index (χ4v) is 5.68. The maximum absolute atomic E-state index is 13.0. The quantitative estimate of drug-likeness (QED) is 0.546. The third-order valence-corrected chi connectivity index (χ3v) is 7.53. The molecule has 0 bridgehead atoms. The molecule has 1 fully saturated rings. The molecular weight excluding hydrogens is 460 g/mol. The highest BCUT2D eigenvalue weighted by atomic mass is 32.2. The van der Waals surface area contributed by atoms with Crippen LogP contribution in [0.5, 0.6) is 5.88 Å². The Hall–Kier alpha value is -2.69. The standard InChI is InChI=1S/C23H26N4O4S2/c1-14-19-22(31-3)25-17(13-30-2)26-23(19)33-20(14)21(29)24-16-6-4-15(5-7-16)12-18(28)27-8-10-32-11-9-27/h4-7H,8-13H2,1-3H3,(H,24,29). The lowest BCUT2D eigenvalue weighted by atomic mass is 10.1. The van der Waals surface area contributed by atoms with Crippen molar-refractivity contribution in [2.75, 3.05) is 44.1 Å². The molecule has 0 aliphatic carbocycles. The van der Waals surface area contributed by atoms with E-state index in [0.29, 0.717) is 33.5 Å². The van der Waals surface area contributed by atoms with E-state index < -0.39 is 0 Å². The average molecular weight is 487 g/mol. The second kappa shape index (κ2) is 10.5. The Kier molecular flexibility index (Phi) is 7.46. The molecule has 1 aliphatic rings.